The van der Waals surface area contributed by atoms with Crippen LogP contribution in [0.4, 0.5) is 0 Å². The number of carboxylic acid groups (broad SMARTS) is 2. The third-order valence-corrected chi connectivity index (χ3v) is 6.92. The van der Waals surface area contributed by atoms with E-state index in [0.29, 0.717) is 28.8 Å². The number of aliphatic carboxylic acids is 1. The van der Waals surface area contributed by atoms with Crippen LogP contribution in [-0.4, -0.2) is 40.7 Å². The van der Waals surface area contributed by atoms with Gasteiger partial charge in [0, 0.05) is 12.0 Å². The highest BCUT2D eigenvalue weighted by molar-refractivity contribution is 7.13. The SMILES string of the molecule is O=C(O)Cc1ccccc1Cn1nc(-c2cccs2)c(Cc2ccc3nsnc3c2)c1C(=O)O. The highest BCUT2D eigenvalue weighted by Gasteiger charge is 2.25. The number of carboxylic acids is 2. The van der Waals surface area contributed by atoms with E-state index in [0.717, 1.165) is 33.2 Å². The molecule has 2 aromatic carbocycles. The van der Waals surface area contributed by atoms with Gasteiger partial charge in [0.1, 0.15) is 16.7 Å². The smallest absolute Gasteiger partial charge is 0.354 e. The fraction of sp³-hybridized carbons (Fsp3) is 0.125. The molecule has 0 atom stereocenters. The standard InChI is InChI=1S/C24H18N4O4S2/c29-21(30)12-15-4-1-2-5-16(15)13-28-23(24(31)32)17(22(25-28)20-6-3-9-33-20)10-14-7-8-18-19(11-14)27-34-26-18/h1-9,11H,10,12-13H2,(H,29,30)(H,31,32). The van der Waals surface area contributed by atoms with E-state index in [1.807, 2.05) is 41.8 Å². The highest BCUT2D eigenvalue weighted by Crippen LogP contribution is 2.32. The Hall–Kier alpha value is -3.89. The van der Waals surface area contributed by atoms with E-state index < -0.39 is 11.9 Å². The summed E-state index contributed by atoms with van der Waals surface area (Å²) in [4.78, 5) is 24.6. The summed E-state index contributed by atoms with van der Waals surface area (Å²) in [5.41, 5.74) is 5.13. The third kappa shape index (κ3) is 4.33. The van der Waals surface area contributed by atoms with Crippen LogP contribution in [0.15, 0.2) is 60.0 Å². The number of nitrogens with zero attached hydrogens (tertiary/aromatic N) is 4. The summed E-state index contributed by atoms with van der Waals surface area (Å²) in [6, 6.07) is 16.7. The molecule has 0 saturated carbocycles. The van der Waals surface area contributed by atoms with Gasteiger partial charge in [-0.3, -0.25) is 9.48 Å². The van der Waals surface area contributed by atoms with Gasteiger partial charge >= 0.3 is 11.9 Å². The maximum absolute atomic E-state index is 12.5. The Labute approximate surface area is 202 Å². The first-order chi connectivity index (χ1) is 16.5. The van der Waals surface area contributed by atoms with Crippen molar-refractivity contribution < 1.29 is 19.8 Å². The molecule has 0 aliphatic rings. The molecule has 0 unspecified atom stereocenters. The van der Waals surface area contributed by atoms with E-state index in [-0.39, 0.29) is 18.7 Å². The van der Waals surface area contributed by atoms with Gasteiger partial charge < -0.3 is 10.2 Å². The molecule has 10 heteroatoms. The molecule has 3 aromatic heterocycles. The van der Waals surface area contributed by atoms with Crippen LogP contribution in [0.2, 0.25) is 0 Å². The molecular formula is C24H18N4O4S2. The molecule has 2 N–H and O–H groups in total. The Morgan fingerprint density at radius 3 is 2.47 bits per heavy atom. The first kappa shape index (κ1) is 21.9. The summed E-state index contributed by atoms with van der Waals surface area (Å²) >= 11 is 2.63. The number of hydrogen-bond acceptors (Lipinski definition) is 7. The number of aromatic nitrogens is 4. The Morgan fingerprint density at radius 2 is 1.74 bits per heavy atom. The molecule has 0 fully saturated rings. The molecule has 0 aliphatic heterocycles. The van der Waals surface area contributed by atoms with Crippen LogP contribution in [0.5, 0.6) is 0 Å². The van der Waals surface area contributed by atoms with E-state index in [4.69, 9.17) is 5.10 Å². The first-order valence-corrected chi connectivity index (χ1v) is 12.0. The van der Waals surface area contributed by atoms with Gasteiger partial charge in [-0.1, -0.05) is 36.4 Å². The number of fused-ring (bicyclic) bond motifs is 1. The monoisotopic (exact) mass is 490 g/mol. The van der Waals surface area contributed by atoms with Gasteiger partial charge in [0.15, 0.2) is 5.69 Å². The number of hydrogen-bond donors (Lipinski definition) is 2. The minimum absolute atomic E-state index is 0.0880. The van der Waals surface area contributed by atoms with Crippen LogP contribution in [0.3, 0.4) is 0 Å². The van der Waals surface area contributed by atoms with Crippen LogP contribution < -0.4 is 0 Å². The molecule has 0 spiro atoms. The molecule has 0 saturated heterocycles. The molecule has 3 heterocycles. The fourth-order valence-electron chi connectivity index (χ4n) is 3.98. The average molecular weight is 491 g/mol. The van der Waals surface area contributed by atoms with Crippen molar-refractivity contribution in [1.29, 1.82) is 0 Å². The molecule has 8 nitrogen and oxygen atoms in total. The van der Waals surface area contributed by atoms with Gasteiger partial charge in [0.2, 0.25) is 0 Å². The van der Waals surface area contributed by atoms with Gasteiger partial charge in [0.25, 0.3) is 0 Å². The van der Waals surface area contributed by atoms with Crippen LogP contribution in [-0.2, 0) is 24.2 Å². The number of rotatable bonds is 8. The second-order valence-electron chi connectivity index (χ2n) is 7.72. The number of benzene rings is 2. The van der Waals surface area contributed by atoms with Crippen LogP contribution in [0.1, 0.15) is 32.7 Å². The molecule has 0 aliphatic carbocycles. The molecule has 0 amide bonds. The van der Waals surface area contributed by atoms with Crippen molar-refractivity contribution in [2.24, 2.45) is 0 Å². The second kappa shape index (κ2) is 9.16. The van der Waals surface area contributed by atoms with E-state index in [9.17, 15) is 19.8 Å². The lowest BCUT2D eigenvalue weighted by Gasteiger charge is -2.10. The van der Waals surface area contributed by atoms with Gasteiger partial charge in [-0.2, -0.15) is 13.8 Å². The molecule has 0 bridgehead atoms. The Morgan fingerprint density at radius 1 is 0.941 bits per heavy atom. The predicted octanol–water partition coefficient (Wildman–Crippen LogP) is 4.58. The lowest BCUT2D eigenvalue weighted by Crippen LogP contribution is -2.14. The van der Waals surface area contributed by atoms with Crippen molar-refractivity contribution in [2.75, 3.05) is 0 Å². The van der Waals surface area contributed by atoms with Gasteiger partial charge in [-0.05, 0) is 40.3 Å². The minimum atomic E-state index is -1.09. The highest BCUT2D eigenvalue weighted by atomic mass is 32.1. The van der Waals surface area contributed by atoms with Crippen molar-refractivity contribution in [3.8, 4) is 10.6 Å². The maximum Gasteiger partial charge on any atom is 0.354 e. The van der Waals surface area contributed by atoms with Crippen LogP contribution in [0.25, 0.3) is 21.6 Å². The van der Waals surface area contributed by atoms with E-state index >= 15 is 0 Å². The zero-order chi connectivity index (χ0) is 23.7. The van der Waals surface area contributed by atoms with Crippen molar-refractivity contribution in [3.05, 3.63) is 87.9 Å². The molecule has 170 valence electrons. The largest absolute Gasteiger partial charge is 0.481 e. The zero-order valence-corrected chi connectivity index (χ0v) is 19.3. The van der Waals surface area contributed by atoms with Crippen molar-refractivity contribution >= 4 is 46.0 Å². The number of aromatic carboxylic acids is 1. The topological polar surface area (TPSA) is 118 Å². The summed E-state index contributed by atoms with van der Waals surface area (Å²) < 4.78 is 9.99. The molecule has 5 aromatic rings. The number of carbonyl (C=O) groups is 2. The van der Waals surface area contributed by atoms with Crippen LogP contribution in [0, 0.1) is 0 Å². The fourth-order valence-corrected chi connectivity index (χ4v) is 5.24. The molecule has 34 heavy (non-hydrogen) atoms. The molecule has 0 radical (unpaired) electrons. The van der Waals surface area contributed by atoms with Crippen LogP contribution >= 0.6 is 23.1 Å². The van der Waals surface area contributed by atoms with Gasteiger partial charge in [-0.25, -0.2) is 4.79 Å². The minimum Gasteiger partial charge on any atom is -0.481 e. The van der Waals surface area contributed by atoms with Gasteiger partial charge in [-0.15, -0.1) is 11.3 Å². The van der Waals surface area contributed by atoms with E-state index in [2.05, 4.69) is 8.75 Å². The Balaban J connectivity index is 1.62. The van der Waals surface area contributed by atoms with Crippen molar-refractivity contribution in [1.82, 2.24) is 18.5 Å². The normalized spacial score (nSPS) is 11.2. The van der Waals surface area contributed by atoms with Crippen molar-refractivity contribution in [2.45, 2.75) is 19.4 Å². The second-order valence-corrected chi connectivity index (χ2v) is 9.20. The lowest BCUT2D eigenvalue weighted by molar-refractivity contribution is -0.136. The Bertz CT molecular complexity index is 1500. The van der Waals surface area contributed by atoms with Crippen molar-refractivity contribution in [3.63, 3.8) is 0 Å². The summed E-state index contributed by atoms with van der Waals surface area (Å²) in [7, 11) is 0. The molecular weight excluding hydrogens is 472 g/mol. The number of thiophene rings is 1. The lowest BCUT2D eigenvalue weighted by atomic mass is 10.0. The van der Waals surface area contributed by atoms with E-state index in [1.165, 1.54) is 16.0 Å². The summed E-state index contributed by atoms with van der Waals surface area (Å²) in [5.74, 6) is -2.03. The average Bonchev–Trinajstić information content (AvgIpc) is 3.54. The summed E-state index contributed by atoms with van der Waals surface area (Å²) in [6.07, 6.45) is 0.214. The maximum atomic E-state index is 12.5. The molecule has 5 rings (SSSR count). The summed E-state index contributed by atoms with van der Waals surface area (Å²) in [6.45, 7) is 0.151. The van der Waals surface area contributed by atoms with Gasteiger partial charge in [0.05, 0.1) is 29.6 Å². The quantitative estimate of drug-likeness (QED) is 0.327. The third-order valence-electron chi connectivity index (χ3n) is 5.49. The first-order valence-electron chi connectivity index (χ1n) is 10.4. The van der Waals surface area contributed by atoms with E-state index in [1.54, 1.807) is 18.2 Å². The zero-order valence-electron chi connectivity index (χ0n) is 17.7. The Kier molecular flexibility index (Phi) is 5.91. The summed E-state index contributed by atoms with van der Waals surface area (Å²) in [5, 5.41) is 26.1. The predicted molar refractivity (Wildman–Crippen MR) is 130 cm³/mol.